The van der Waals surface area contributed by atoms with E-state index in [-0.39, 0.29) is 36.3 Å². The number of amides is 3. The lowest BCUT2D eigenvalue weighted by Crippen LogP contribution is -2.57. The molecule has 1 N–H and O–H groups in total. The molecule has 1 saturated carbocycles. The number of pyridine rings is 1. The molecule has 3 amide bonds. The maximum atomic E-state index is 13.0. The zero-order valence-electron chi connectivity index (χ0n) is 21.2. The van der Waals surface area contributed by atoms with Crippen LogP contribution in [0.15, 0.2) is 36.5 Å². The highest BCUT2D eigenvalue weighted by molar-refractivity contribution is 6.05. The SMILES string of the molecule is O=C1CCC(N2Cc3cc(O[C@H]4CCCC[C@@H]4N4CC(c5ccc(C(F)(F)F)cn5)C4)ccc3C2=O)C(=O)N1. The maximum Gasteiger partial charge on any atom is 0.417 e. The second-order valence-corrected chi connectivity index (χ2v) is 10.8. The largest absolute Gasteiger partial charge is 0.489 e. The van der Waals surface area contributed by atoms with E-state index in [9.17, 15) is 27.6 Å². The number of carbonyl (C=O) groups is 3. The molecule has 0 spiro atoms. The summed E-state index contributed by atoms with van der Waals surface area (Å²) in [5.41, 5.74) is 1.28. The number of nitrogens with zero attached hydrogens (tertiary/aromatic N) is 3. The van der Waals surface area contributed by atoms with Crippen LogP contribution < -0.4 is 10.1 Å². The topological polar surface area (TPSA) is 91.8 Å². The molecular weight excluding hydrogens is 513 g/mol. The van der Waals surface area contributed by atoms with Gasteiger partial charge in [0.15, 0.2) is 0 Å². The van der Waals surface area contributed by atoms with Crippen molar-refractivity contribution < 1.29 is 32.3 Å². The fraction of sp³-hybridized carbons (Fsp3) is 0.500. The van der Waals surface area contributed by atoms with E-state index in [0.29, 0.717) is 30.0 Å². The number of likely N-dealkylation sites (tertiary alicyclic amines) is 1. The number of carbonyl (C=O) groups excluding carboxylic acids is 3. The number of piperidine rings is 1. The van der Waals surface area contributed by atoms with Crippen LogP contribution in [0.3, 0.4) is 0 Å². The van der Waals surface area contributed by atoms with Gasteiger partial charge in [0.1, 0.15) is 17.9 Å². The molecular formula is C28H29F3N4O4. The Labute approximate surface area is 223 Å². The molecule has 4 aliphatic rings. The van der Waals surface area contributed by atoms with Crippen LogP contribution in [0.4, 0.5) is 13.2 Å². The summed E-state index contributed by atoms with van der Waals surface area (Å²) in [6, 6.07) is 7.51. The number of alkyl halides is 3. The Bertz CT molecular complexity index is 1290. The van der Waals surface area contributed by atoms with E-state index in [4.69, 9.17) is 4.74 Å². The predicted molar refractivity (Wildman–Crippen MR) is 133 cm³/mol. The van der Waals surface area contributed by atoms with Crippen LogP contribution in [0, 0.1) is 0 Å². The maximum absolute atomic E-state index is 13.0. The molecule has 39 heavy (non-hydrogen) atoms. The highest BCUT2D eigenvalue weighted by atomic mass is 19.4. The summed E-state index contributed by atoms with van der Waals surface area (Å²) < 4.78 is 45.0. The van der Waals surface area contributed by atoms with Crippen molar-refractivity contribution >= 4 is 17.7 Å². The molecule has 1 aromatic heterocycles. The molecule has 3 atom stereocenters. The van der Waals surface area contributed by atoms with Crippen molar-refractivity contribution in [3.05, 3.63) is 58.9 Å². The number of rotatable bonds is 5. The number of hydrogen-bond acceptors (Lipinski definition) is 6. The van der Waals surface area contributed by atoms with Gasteiger partial charge in [-0.2, -0.15) is 13.2 Å². The van der Waals surface area contributed by atoms with Gasteiger partial charge in [0, 0.05) is 55.5 Å². The van der Waals surface area contributed by atoms with Crippen LogP contribution in [-0.2, 0) is 22.3 Å². The van der Waals surface area contributed by atoms with Crippen molar-refractivity contribution in [1.29, 1.82) is 0 Å². The highest BCUT2D eigenvalue weighted by Gasteiger charge is 2.41. The average molecular weight is 543 g/mol. The molecule has 206 valence electrons. The van der Waals surface area contributed by atoms with Crippen molar-refractivity contribution in [1.82, 2.24) is 20.1 Å². The molecule has 1 aliphatic carbocycles. The summed E-state index contributed by atoms with van der Waals surface area (Å²) >= 11 is 0. The van der Waals surface area contributed by atoms with Gasteiger partial charge in [-0.1, -0.05) is 6.42 Å². The first-order valence-corrected chi connectivity index (χ1v) is 13.4. The Morgan fingerprint density at radius 2 is 1.79 bits per heavy atom. The molecule has 6 rings (SSSR count). The number of benzene rings is 1. The third-order valence-corrected chi connectivity index (χ3v) is 8.36. The normalized spacial score (nSPS) is 26.3. The molecule has 0 radical (unpaired) electrons. The van der Waals surface area contributed by atoms with Gasteiger partial charge in [-0.15, -0.1) is 0 Å². The van der Waals surface area contributed by atoms with Crippen LogP contribution in [-0.4, -0.2) is 63.8 Å². The predicted octanol–water partition coefficient (Wildman–Crippen LogP) is 3.65. The van der Waals surface area contributed by atoms with E-state index in [1.807, 2.05) is 6.07 Å². The lowest BCUT2D eigenvalue weighted by Gasteiger charge is -2.48. The van der Waals surface area contributed by atoms with Crippen molar-refractivity contribution in [2.45, 2.75) is 75.4 Å². The molecule has 8 nitrogen and oxygen atoms in total. The first-order chi connectivity index (χ1) is 18.7. The number of fused-ring (bicyclic) bond motifs is 1. The van der Waals surface area contributed by atoms with Gasteiger partial charge < -0.3 is 9.64 Å². The molecule has 2 saturated heterocycles. The Morgan fingerprint density at radius 3 is 2.51 bits per heavy atom. The number of nitrogens with one attached hydrogen (secondary N) is 1. The van der Waals surface area contributed by atoms with Crippen molar-refractivity contribution in [2.75, 3.05) is 13.1 Å². The second kappa shape index (κ2) is 9.93. The van der Waals surface area contributed by atoms with Crippen LogP contribution in [0.2, 0.25) is 0 Å². The van der Waals surface area contributed by atoms with Gasteiger partial charge in [0.25, 0.3) is 5.91 Å². The minimum Gasteiger partial charge on any atom is -0.489 e. The zero-order chi connectivity index (χ0) is 27.3. The molecule has 2 aromatic rings. The van der Waals surface area contributed by atoms with Gasteiger partial charge in [-0.3, -0.25) is 29.6 Å². The molecule has 1 unspecified atom stereocenters. The van der Waals surface area contributed by atoms with E-state index in [1.165, 1.54) is 11.0 Å². The molecule has 1 aromatic carbocycles. The number of aromatic nitrogens is 1. The van der Waals surface area contributed by atoms with Crippen LogP contribution >= 0.6 is 0 Å². The monoisotopic (exact) mass is 542 g/mol. The first-order valence-electron chi connectivity index (χ1n) is 13.4. The standard InChI is InChI=1S/C28H29F3N4O4/c29-28(30,31)18-5-8-21(32-12-18)17-13-34(14-17)22-3-1-2-4-24(22)39-19-6-7-20-16(11-19)15-35(27(20)38)23-9-10-25(36)33-26(23)37/h5-8,11-12,17,22-24H,1-4,9-10,13-15H2,(H,33,36,37)/t22-,23?,24-/m0/s1. The smallest absolute Gasteiger partial charge is 0.417 e. The quantitative estimate of drug-likeness (QED) is 0.580. The number of halogens is 3. The molecule has 4 heterocycles. The zero-order valence-corrected chi connectivity index (χ0v) is 21.2. The Morgan fingerprint density at radius 1 is 1.00 bits per heavy atom. The van der Waals surface area contributed by atoms with Crippen LogP contribution in [0.25, 0.3) is 0 Å². The number of imide groups is 1. The summed E-state index contributed by atoms with van der Waals surface area (Å²) in [5.74, 6) is -0.204. The third kappa shape index (κ3) is 4.99. The lowest BCUT2D eigenvalue weighted by atomic mass is 9.85. The van der Waals surface area contributed by atoms with E-state index >= 15 is 0 Å². The van der Waals surface area contributed by atoms with Crippen LogP contribution in [0.1, 0.15) is 71.6 Å². The van der Waals surface area contributed by atoms with Gasteiger partial charge >= 0.3 is 6.18 Å². The van der Waals surface area contributed by atoms with Crippen molar-refractivity contribution in [3.8, 4) is 5.75 Å². The second-order valence-electron chi connectivity index (χ2n) is 10.8. The summed E-state index contributed by atoms with van der Waals surface area (Å²) in [5, 5.41) is 2.32. The summed E-state index contributed by atoms with van der Waals surface area (Å²) in [7, 11) is 0. The molecule has 3 fully saturated rings. The summed E-state index contributed by atoms with van der Waals surface area (Å²) in [6.07, 6.45) is 1.00. The van der Waals surface area contributed by atoms with E-state index < -0.39 is 23.7 Å². The lowest BCUT2D eigenvalue weighted by molar-refractivity contribution is -0.138. The minimum absolute atomic E-state index is 0.0401. The van der Waals surface area contributed by atoms with Gasteiger partial charge in [0.05, 0.1) is 5.56 Å². The van der Waals surface area contributed by atoms with Gasteiger partial charge in [0.2, 0.25) is 11.8 Å². The van der Waals surface area contributed by atoms with Crippen LogP contribution in [0.5, 0.6) is 5.75 Å². The van der Waals surface area contributed by atoms with Gasteiger partial charge in [-0.25, -0.2) is 0 Å². The molecule has 11 heteroatoms. The Kier molecular flexibility index (Phi) is 6.57. The fourth-order valence-electron chi connectivity index (χ4n) is 6.22. The van der Waals surface area contributed by atoms with E-state index in [0.717, 1.165) is 56.6 Å². The van der Waals surface area contributed by atoms with Crippen molar-refractivity contribution in [2.24, 2.45) is 0 Å². The summed E-state index contributed by atoms with van der Waals surface area (Å²) in [6.45, 7) is 1.74. The molecule has 0 bridgehead atoms. The summed E-state index contributed by atoms with van der Waals surface area (Å²) in [4.78, 5) is 44.7. The Balaban J connectivity index is 1.09. The number of ether oxygens (including phenoxy) is 1. The molecule has 3 aliphatic heterocycles. The average Bonchev–Trinajstić information content (AvgIpc) is 3.19. The van der Waals surface area contributed by atoms with E-state index in [2.05, 4.69) is 15.2 Å². The Hall–Kier alpha value is -3.47. The first kappa shape index (κ1) is 25.8. The van der Waals surface area contributed by atoms with E-state index in [1.54, 1.807) is 12.1 Å². The number of hydrogen-bond donors (Lipinski definition) is 1. The minimum atomic E-state index is -4.39. The highest BCUT2D eigenvalue weighted by Crippen LogP contribution is 2.37. The third-order valence-electron chi connectivity index (χ3n) is 8.36. The van der Waals surface area contributed by atoms with Gasteiger partial charge in [-0.05, 0) is 61.6 Å². The van der Waals surface area contributed by atoms with Crippen molar-refractivity contribution in [3.63, 3.8) is 0 Å². The fourth-order valence-corrected chi connectivity index (χ4v) is 6.22.